The minimum atomic E-state index is -1.87. The summed E-state index contributed by atoms with van der Waals surface area (Å²) in [6.45, 7) is 0.159. The Balaban J connectivity index is 1.44. The third kappa shape index (κ3) is 7.22. The number of ether oxygens (including phenoxy) is 6. The van der Waals surface area contributed by atoms with Crippen LogP contribution in [0.2, 0.25) is 0 Å². The predicted octanol–water partition coefficient (Wildman–Crippen LogP) is -2.65. The number of aliphatic hydroxyl groups is 9. The lowest BCUT2D eigenvalue weighted by atomic mass is 9.98. The molecule has 0 aliphatic carbocycles. The molecule has 280 valence electrons. The van der Waals surface area contributed by atoms with Crippen LogP contribution in [0.4, 0.5) is 0 Å². The van der Waals surface area contributed by atoms with E-state index in [1.54, 1.807) is 0 Å². The summed E-state index contributed by atoms with van der Waals surface area (Å²) in [5.41, 5.74) is 0.00636. The molecule has 0 spiro atoms. The molecule has 3 aliphatic rings. The van der Waals surface area contributed by atoms with Crippen LogP contribution in [0.15, 0.2) is 40.8 Å². The molecule has 19 heteroatoms. The summed E-state index contributed by atoms with van der Waals surface area (Å²) in [6, 6.07) is 7.17. The molecule has 1 aromatic heterocycles. The number of aromatic hydroxyl groups is 3. The zero-order chi connectivity index (χ0) is 36.9. The summed E-state index contributed by atoms with van der Waals surface area (Å²) in [4.78, 5) is 0. The first-order chi connectivity index (χ1) is 24.2. The Labute approximate surface area is 287 Å². The van der Waals surface area contributed by atoms with E-state index in [-0.39, 0.29) is 33.8 Å². The van der Waals surface area contributed by atoms with Crippen molar-refractivity contribution in [3.63, 3.8) is 0 Å². The summed E-state index contributed by atoms with van der Waals surface area (Å²) >= 11 is 0. The van der Waals surface area contributed by atoms with Crippen molar-refractivity contribution in [3.05, 3.63) is 36.4 Å². The Hall–Kier alpha value is -3.67. The molecule has 3 fully saturated rings. The summed E-state index contributed by atoms with van der Waals surface area (Å²) in [7, 11) is 0. The molecule has 0 amide bonds. The van der Waals surface area contributed by atoms with Crippen LogP contribution < -0.4 is 9.47 Å². The highest BCUT2D eigenvalue weighted by molar-refractivity contribution is 5.89. The molecule has 3 saturated heterocycles. The van der Waals surface area contributed by atoms with Crippen LogP contribution in [0.25, 0.3) is 22.3 Å². The van der Waals surface area contributed by atoms with E-state index in [9.17, 15) is 61.3 Å². The Morgan fingerprint density at radius 1 is 0.706 bits per heavy atom. The largest absolute Gasteiger partial charge is 0.507 e. The van der Waals surface area contributed by atoms with Gasteiger partial charge in [0.05, 0.1) is 30.9 Å². The maximum absolute atomic E-state index is 11.1. The first-order valence-electron chi connectivity index (χ1n) is 15.8. The lowest BCUT2D eigenvalue weighted by Gasteiger charge is -2.44. The molecule has 2 aromatic carbocycles. The zero-order valence-electron chi connectivity index (χ0n) is 26.7. The van der Waals surface area contributed by atoms with E-state index in [0.717, 1.165) is 18.2 Å². The number of phenolic OH excluding ortho intramolecular Hbond substituents is 3. The van der Waals surface area contributed by atoms with Gasteiger partial charge in [-0.05, 0) is 19.1 Å². The Kier molecular flexibility index (Phi) is 10.7. The van der Waals surface area contributed by atoms with Crippen LogP contribution >= 0.6 is 0 Å². The maximum Gasteiger partial charge on any atom is 0.402 e. The second-order valence-electron chi connectivity index (χ2n) is 12.5. The molecule has 0 unspecified atom stereocenters. The first kappa shape index (κ1) is 37.1. The van der Waals surface area contributed by atoms with E-state index >= 15 is 0 Å². The SMILES string of the molecule is C[C@@H]1O[C@@H](Oc2cc(O)cc3[o+]c(-c4ccc(O)c(O)c4)c(O[C@@H]4O[C@H](CO)[C@@H](O)[C@H](O)[C@H]4O[C@@H]4OC[C@@H](O)[C@H](O)[C@H]4O)cc23)[C@H](O)[C@H](O)[C@H]1O. The van der Waals surface area contributed by atoms with Crippen LogP contribution in [0, 0.1) is 0 Å². The monoisotopic (exact) mass is 727 g/mol. The van der Waals surface area contributed by atoms with Gasteiger partial charge in [-0.3, -0.25) is 0 Å². The molecule has 0 saturated carbocycles. The Morgan fingerprint density at radius 2 is 1.41 bits per heavy atom. The van der Waals surface area contributed by atoms with Gasteiger partial charge in [-0.25, -0.2) is 4.42 Å². The topological polar surface area (TPSA) is 309 Å². The number of phenols is 3. The molecule has 0 radical (unpaired) electrons. The van der Waals surface area contributed by atoms with Crippen molar-refractivity contribution >= 4 is 11.0 Å². The van der Waals surface area contributed by atoms with Crippen molar-refractivity contribution in [1.29, 1.82) is 0 Å². The average molecular weight is 728 g/mol. The molecular weight excluding hydrogens is 688 g/mol. The molecule has 0 bridgehead atoms. The molecule has 51 heavy (non-hydrogen) atoms. The van der Waals surface area contributed by atoms with E-state index in [2.05, 4.69) is 0 Å². The molecule has 6 rings (SSSR count). The Bertz CT molecular complexity index is 1690. The molecule has 4 heterocycles. The molecule has 3 aromatic rings. The van der Waals surface area contributed by atoms with Crippen LogP contribution in [-0.2, 0) is 18.9 Å². The standard InChI is InChI=1S/C32H38O19/c1-10-21(38)24(41)27(44)31(46-10)48-18-6-12(34)5-17-13(18)7-19(28(47-17)11-2-3-14(35)15(36)4-11)49-32-29(25(42)23(40)20(8-33)50-32)51-30-26(43)22(39)16(37)9-45-30/h2-7,10,16,20-27,29-33,37-44H,8-9H2,1H3,(H2-,34,35,36)/p+1/t10-,16+,20+,21-,22-,23+,24+,25-,26+,27+,29+,30-,31-,32+/m0/s1. The van der Waals surface area contributed by atoms with Gasteiger partial charge in [-0.2, -0.15) is 0 Å². The summed E-state index contributed by atoms with van der Waals surface area (Å²) < 4.78 is 40.5. The van der Waals surface area contributed by atoms with E-state index in [0.29, 0.717) is 0 Å². The number of aliphatic hydroxyl groups excluding tert-OH is 9. The van der Waals surface area contributed by atoms with Crippen molar-refractivity contribution < 1.29 is 94.1 Å². The number of hydrogen-bond donors (Lipinski definition) is 12. The molecule has 3 aliphatic heterocycles. The van der Waals surface area contributed by atoms with Crippen molar-refractivity contribution in [1.82, 2.24) is 0 Å². The van der Waals surface area contributed by atoms with Crippen LogP contribution in [-0.4, -0.2) is 161 Å². The fourth-order valence-electron chi connectivity index (χ4n) is 5.93. The van der Waals surface area contributed by atoms with E-state index in [4.69, 9.17) is 32.8 Å². The first-order valence-corrected chi connectivity index (χ1v) is 15.8. The van der Waals surface area contributed by atoms with Crippen LogP contribution in [0.5, 0.6) is 28.7 Å². The number of hydrogen-bond acceptors (Lipinski definition) is 18. The van der Waals surface area contributed by atoms with Crippen molar-refractivity contribution in [3.8, 4) is 40.1 Å². The van der Waals surface area contributed by atoms with Gasteiger partial charge in [0.15, 0.2) is 23.9 Å². The molecule has 12 N–H and O–H groups in total. The van der Waals surface area contributed by atoms with E-state index in [1.807, 2.05) is 0 Å². The lowest BCUT2D eigenvalue weighted by Crippen LogP contribution is -2.63. The number of fused-ring (bicyclic) bond motifs is 1. The van der Waals surface area contributed by atoms with Crippen molar-refractivity contribution in [2.75, 3.05) is 13.2 Å². The van der Waals surface area contributed by atoms with Gasteiger partial charge in [0.1, 0.15) is 71.8 Å². The minimum Gasteiger partial charge on any atom is -0.507 e. The Morgan fingerprint density at radius 3 is 2.12 bits per heavy atom. The summed E-state index contributed by atoms with van der Waals surface area (Å²) in [5.74, 6) is -2.08. The lowest BCUT2D eigenvalue weighted by molar-refractivity contribution is -0.344. The third-order valence-electron chi connectivity index (χ3n) is 8.90. The maximum atomic E-state index is 11.1. The van der Waals surface area contributed by atoms with Crippen molar-refractivity contribution in [2.24, 2.45) is 0 Å². The molecule has 19 nitrogen and oxygen atoms in total. The second-order valence-corrected chi connectivity index (χ2v) is 12.5. The zero-order valence-corrected chi connectivity index (χ0v) is 26.7. The minimum absolute atomic E-state index is 0.0364. The van der Waals surface area contributed by atoms with E-state index in [1.165, 1.54) is 25.1 Å². The normalized spacial score (nSPS) is 37.3. The van der Waals surface area contributed by atoms with Gasteiger partial charge in [-0.15, -0.1) is 0 Å². The molecule has 14 atom stereocenters. The van der Waals surface area contributed by atoms with Gasteiger partial charge < -0.3 is 89.7 Å². The fraction of sp³-hybridized carbons (Fsp3) is 0.531. The number of benzene rings is 2. The van der Waals surface area contributed by atoms with Gasteiger partial charge in [0.2, 0.25) is 18.3 Å². The number of rotatable bonds is 8. The van der Waals surface area contributed by atoms with E-state index < -0.39 is 116 Å². The molecular formula is C32H39O19+. The van der Waals surface area contributed by atoms with Crippen molar-refractivity contribution in [2.45, 2.75) is 92.9 Å². The van der Waals surface area contributed by atoms with Gasteiger partial charge >= 0.3 is 11.3 Å². The summed E-state index contributed by atoms with van der Waals surface area (Å²) in [5, 5.41) is 124. The van der Waals surface area contributed by atoms with Gasteiger partial charge in [-0.1, -0.05) is 0 Å². The predicted molar refractivity (Wildman–Crippen MR) is 165 cm³/mol. The fourth-order valence-corrected chi connectivity index (χ4v) is 5.93. The highest BCUT2D eigenvalue weighted by Crippen LogP contribution is 2.43. The van der Waals surface area contributed by atoms with Gasteiger partial charge in [0.25, 0.3) is 0 Å². The smallest absolute Gasteiger partial charge is 0.402 e. The summed E-state index contributed by atoms with van der Waals surface area (Å²) in [6.07, 6.45) is -22.6. The third-order valence-corrected chi connectivity index (χ3v) is 8.90. The second kappa shape index (κ2) is 14.8. The average Bonchev–Trinajstić information content (AvgIpc) is 3.10. The quantitative estimate of drug-likeness (QED) is 0.0832. The van der Waals surface area contributed by atoms with Crippen LogP contribution in [0.1, 0.15) is 6.92 Å². The highest BCUT2D eigenvalue weighted by Gasteiger charge is 2.51. The van der Waals surface area contributed by atoms with Gasteiger partial charge in [0, 0.05) is 18.2 Å². The highest BCUT2D eigenvalue weighted by atomic mass is 16.8. The van der Waals surface area contributed by atoms with Crippen LogP contribution in [0.3, 0.4) is 0 Å².